The minimum Gasteiger partial charge on any atom is -0.408 e. The van der Waals surface area contributed by atoms with Crippen molar-refractivity contribution in [3.8, 4) is 84.0 Å². The Morgan fingerprint density at radius 3 is 0.483 bits per heavy atom. The maximum Gasteiger partial charge on any atom is 0.530 e. The molecule has 0 saturated carbocycles. The molecule has 118 heavy (non-hydrogen) atoms. The van der Waals surface area contributed by atoms with Gasteiger partial charge in [0, 0.05) is 16.7 Å². The minimum absolute atomic E-state index is 0.834. The summed E-state index contributed by atoms with van der Waals surface area (Å²) in [6.45, 7) is 35.5. The van der Waals surface area contributed by atoms with Gasteiger partial charge in [0.1, 0.15) is 17.2 Å². The van der Waals surface area contributed by atoms with Gasteiger partial charge >= 0.3 is 8.60 Å². The van der Waals surface area contributed by atoms with Crippen LogP contribution in [0.1, 0.15) is 380 Å². The van der Waals surface area contributed by atoms with Gasteiger partial charge in [-0.3, -0.25) is 0 Å². The highest BCUT2D eigenvalue weighted by Crippen LogP contribution is 2.57. The maximum absolute atomic E-state index is 8.63. The molecular formula is C114H159O3P. The van der Waals surface area contributed by atoms with Gasteiger partial charge in [-0.25, -0.2) is 0 Å². The first-order valence-electron chi connectivity index (χ1n) is 49.0. The summed E-state index contributed by atoms with van der Waals surface area (Å²) in [4.78, 5) is 0. The Hall–Kier alpha value is -7.19. The summed E-state index contributed by atoms with van der Waals surface area (Å²) in [5, 5.41) is 0. The van der Waals surface area contributed by atoms with Crippen molar-refractivity contribution in [2.24, 2.45) is 0 Å². The number of rotatable bonds is 57. The second kappa shape index (κ2) is 52.2. The van der Waals surface area contributed by atoms with E-state index in [2.05, 4.69) is 249 Å². The molecule has 0 aliphatic carbocycles. The monoisotopic (exact) mass is 1610 g/mol. The number of unbranched alkanes of at least 4 members (excludes halogenated alkanes) is 15. The van der Waals surface area contributed by atoms with Crippen molar-refractivity contribution in [1.29, 1.82) is 0 Å². The van der Waals surface area contributed by atoms with E-state index in [0.717, 1.165) is 306 Å². The lowest BCUT2D eigenvalue weighted by molar-refractivity contribution is 0.390. The van der Waals surface area contributed by atoms with E-state index in [1.165, 1.54) is 150 Å². The maximum atomic E-state index is 8.63. The zero-order valence-corrected chi connectivity index (χ0v) is 78.2. The SMILES string of the molecule is CCCCc1cccc(-c2c(CCCC)ccc(OP(Oc3ccc(CCCC)c(-c4cccc(CCCC)c4CCCC)c3-c3cccc(CCCC)c3CCCC)Oc3ccc(CCCC)c(-c4cccc(CCCC)c4CCCC)c3-c3cccc(CCCC)c3CCCC)c2-c2cccc(CCCC)c2CCCC)c1CCCC. The lowest BCUT2D eigenvalue weighted by atomic mass is 9.80. The molecule has 0 N–H and O–H groups in total. The van der Waals surface area contributed by atoms with E-state index in [0.29, 0.717) is 0 Å². The Kier molecular flexibility index (Phi) is 41.9. The molecule has 0 heterocycles. The van der Waals surface area contributed by atoms with Gasteiger partial charge in [-0.05, 0) is 344 Å². The molecule has 0 fully saturated rings. The first-order chi connectivity index (χ1) is 58.0. The summed E-state index contributed by atoms with van der Waals surface area (Å²) in [7, 11) is -2.42. The average Bonchev–Trinajstić information content (AvgIpc) is 0.755. The molecule has 0 aromatic heterocycles. The summed E-state index contributed by atoms with van der Waals surface area (Å²) in [5.41, 5.74) is 37.6. The molecule has 0 saturated heterocycles. The van der Waals surface area contributed by atoms with Crippen LogP contribution >= 0.6 is 8.60 Å². The molecule has 0 atom stereocenters. The van der Waals surface area contributed by atoms with Gasteiger partial charge < -0.3 is 13.6 Å². The normalized spacial score (nSPS) is 11.6. The van der Waals surface area contributed by atoms with Crippen LogP contribution in [0.15, 0.2) is 146 Å². The number of aryl methyl sites for hydroxylation is 9. The van der Waals surface area contributed by atoms with Crippen LogP contribution in [-0.4, -0.2) is 0 Å². The van der Waals surface area contributed by atoms with Gasteiger partial charge in [-0.2, -0.15) is 0 Å². The van der Waals surface area contributed by atoms with Crippen molar-refractivity contribution in [1.82, 2.24) is 0 Å². The molecular weight excluding hydrogens is 1450 g/mol. The summed E-state index contributed by atoms with van der Waals surface area (Å²) in [6, 6.07) is 58.8. The first kappa shape index (κ1) is 94.7. The zero-order chi connectivity index (χ0) is 83.8. The standard InChI is InChI=1S/C114H159O3P/c1-16-31-52-85-61-46-73-100(94(85)67-40-25-10)109-91(58-37-22-7)79-82-106(112(109)103-76-49-64-88(55-34-19-4)97(103)70-43-28-13)115-118(116-107-83-80-92(59-38-23-8)110(101-74-47-62-86(53-32-17-2)95(101)68-41-26-11)113(107)104-77-50-65-89(56-35-20-5)98(104)71-44-29-14)117-108-84-81-93(60-39-24-9)111(102-75-48-63-87(54-33-18-3)96(102)69-42-27-12)114(108)105-78-51-66-90(57-36-21-6)99(105)72-45-30-15/h46-51,61-66,73-84H,16-45,52-60,67-72H2,1-15H3. The van der Waals surface area contributed by atoms with E-state index in [1.807, 2.05) is 0 Å². The lowest BCUT2D eigenvalue weighted by Crippen LogP contribution is -2.10. The fourth-order valence-electron chi connectivity index (χ4n) is 18.6. The van der Waals surface area contributed by atoms with Gasteiger partial charge in [0.05, 0.1) is 0 Å². The van der Waals surface area contributed by atoms with Crippen molar-refractivity contribution in [3.05, 3.63) is 229 Å². The summed E-state index contributed by atoms with van der Waals surface area (Å²) < 4.78 is 25.9. The molecule has 0 aliphatic rings. The van der Waals surface area contributed by atoms with E-state index in [1.54, 1.807) is 0 Å². The molecule has 9 rings (SSSR count). The van der Waals surface area contributed by atoms with Gasteiger partial charge in [0.15, 0.2) is 0 Å². The largest absolute Gasteiger partial charge is 0.530 e. The highest BCUT2D eigenvalue weighted by atomic mass is 31.2. The van der Waals surface area contributed by atoms with Crippen LogP contribution in [0.5, 0.6) is 17.2 Å². The smallest absolute Gasteiger partial charge is 0.408 e. The molecule has 0 aliphatic heterocycles. The molecule has 638 valence electrons. The van der Waals surface area contributed by atoms with Crippen LogP contribution in [0.2, 0.25) is 0 Å². The Morgan fingerprint density at radius 2 is 0.314 bits per heavy atom. The number of hydrogen-bond acceptors (Lipinski definition) is 3. The fraction of sp³-hybridized carbons (Fsp3) is 0.526. The second-order valence-corrected chi connectivity index (χ2v) is 35.6. The quantitative estimate of drug-likeness (QED) is 0.0356. The van der Waals surface area contributed by atoms with E-state index in [9.17, 15) is 0 Å². The van der Waals surface area contributed by atoms with Crippen LogP contribution < -0.4 is 13.6 Å². The Bertz CT molecular complexity index is 4020. The molecule has 4 heteroatoms. The van der Waals surface area contributed by atoms with Gasteiger partial charge in [-0.15, -0.1) is 0 Å². The Morgan fingerprint density at radius 1 is 0.161 bits per heavy atom. The van der Waals surface area contributed by atoms with E-state index in [4.69, 9.17) is 13.6 Å². The third-order valence-corrected chi connectivity index (χ3v) is 26.4. The van der Waals surface area contributed by atoms with Crippen LogP contribution in [0.4, 0.5) is 0 Å². The number of hydrogen-bond donors (Lipinski definition) is 0. The molecule has 9 aromatic carbocycles. The molecule has 0 bridgehead atoms. The van der Waals surface area contributed by atoms with Crippen molar-refractivity contribution in [3.63, 3.8) is 0 Å². The predicted molar refractivity (Wildman–Crippen MR) is 520 cm³/mol. The summed E-state index contributed by atoms with van der Waals surface area (Å²) >= 11 is 0. The highest BCUT2D eigenvalue weighted by Gasteiger charge is 2.34. The highest BCUT2D eigenvalue weighted by molar-refractivity contribution is 7.43. The molecule has 3 nitrogen and oxygen atoms in total. The van der Waals surface area contributed by atoms with Gasteiger partial charge in [0.2, 0.25) is 0 Å². The molecule has 0 spiro atoms. The summed E-state index contributed by atoms with van der Waals surface area (Å²) in [6.07, 6.45) is 49.1. The van der Waals surface area contributed by atoms with Crippen LogP contribution in [0, 0.1) is 0 Å². The van der Waals surface area contributed by atoms with Gasteiger partial charge in [0.25, 0.3) is 0 Å². The van der Waals surface area contributed by atoms with Crippen LogP contribution in [0.25, 0.3) is 66.8 Å². The Balaban J connectivity index is 1.55. The third kappa shape index (κ3) is 25.2. The fourth-order valence-corrected chi connectivity index (χ4v) is 19.6. The first-order valence-corrected chi connectivity index (χ1v) is 50.1. The van der Waals surface area contributed by atoms with Gasteiger partial charge in [-0.1, -0.05) is 328 Å². The molecule has 9 aromatic rings. The minimum atomic E-state index is -2.42. The van der Waals surface area contributed by atoms with E-state index in [-0.39, 0.29) is 0 Å². The lowest BCUT2D eigenvalue weighted by Gasteiger charge is -2.29. The second-order valence-electron chi connectivity index (χ2n) is 34.6. The summed E-state index contributed by atoms with van der Waals surface area (Å²) in [5.74, 6) is 2.50. The van der Waals surface area contributed by atoms with Crippen molar-refractivity contribution in [2.45, 2.75) is 393 Å². The molecule has 0 unspecified atom stereocenters. The number of benzene rings is 9. The van der Waals surface area contributed by atoms with Crippen molar-refractivity contribution in [2.75, 3.05) is 0 Å². The van der Waals surface area contributed by atoms with Crippen molar-refractivity contribution >= 4 is 8.60 Å². The average molecular weight is 1610 g/mol. The van der Waals surface area contributed by atoms with Crippen LogP contribution in [-0.2, 0) is 96.3 Å². The van der Waals surface area contributed by atoms with Crippen molar-refractivity contribution < 1.29 is 13.6 Å². The van der Waals surface area contributed by atoms with Crippen LogP contribution in [0.3, 0.4) is 0 Å². The van der Waals surface area contributed by atoms with E-state index >= 15 is 0 Å². The topological polar surface area (TPSA) is 27.7 Å². The molecule has 0 amide bonds. The Labute approximate surface area is 723 Å². The third-order valence-electron chi connectivity index (χ3n) is 25.4. The van der Waals surface area contributed by atoms with E-state index < -0.39 is 8.60 Å². The predicted octanol–water partition coefficient (Wildman–Crippen LogP) is 35.6. The molecule has 0 radical (unpaired) electrons. The zero-order valence-electron chi connectivity index (χ0n) is 77.3.